The number of hydrogen-bond donors (Lipinski definition) is 3. The fourth-order valence-electron chi connectivity index (χ4n) is 5.81. The van der Waals surface area contributed by atoms with Crippen LogP contribution < -0.4 is 10.6 Å². The van der Waals surface area contributed by atoms with E-state index in [0.717, 1.165) is 27.8 Å². The molecular formula is C32H35N3O5. The largest absolute Gasteiger partial charge is 0.479 e. The number of carboxylic acids is 1. The highest BCUT2D eigenvalue weighted by Crippen LogP contribution is 2.44. The van der Waals surface area contributed by atoms with Gasteiger partial charge in [0.15, 0.2) is 5.54 Å². The summed E-state index contributed by atoms with van der Waals surface area (Å²) in [5, 5.41) is 15.6. The maximum atomic E-state index is 13.4. The predicted octanol–water partition coefficient (Wildman–Crippen LogP) is 4.40. The van der Waals surface area contributed by atoms with Crippen LogP contribution in [0.1, 0.15) is 42.9 Å². The summed E-state index contributed by atoms with van der Waals surface area (Å²) >= 11 is 0. The van der Waals surface area contributed by atoms with Crippen LogP contribution in [0.15, 0.2) is 78.9 Å². The van der Waals surface area contributed by atoms with Crippen LogP contribution in [0.4, 0.5) is 4.79 Å². The lowest BCUT2D eigenvalue weighted by molar-refractivity contribution is -0.147. The number of alkyl carbamates (subject to hydrolysis) is 1. The van der Waals surface area contributed by atoms with Crippen LogP contribution in [0.3, 0.4) is 0 Å². The Balaban J connectivity index is 1.22. The Bertz CT molecular complexity index is 1350. The minimum Gasteiger partial charge on any atom is -0.479 e. The SMILES string of the molecule is CC(C)[C@@H](NC(=O)OCC1c2ccccc2-c2ccccc21)C(=O)NC1(C(=O)O)CCN(Cc2ccccc2)C1. The lowest BCUT2D eigenvalue weighted by atomic mass is 9.96. The highest BCUT2D eigenvalue weighted by atomic mass is 16.5. The first-order chi connectivity index (χ1) is 19.3. The molecule has 208 valence electrons. The van der Waals surface area contributed by atoms with E-state index in [1.807, 2.05) is 71.6 Å². The minimum absolute atomic E-state index is 0.103. The number of hydrogen-bond acceptors (Lipinski definition) is 5. The molecule has 1 heterocycles. The first kappa shape index (κ1) is 27.4. The monoisotopic (exact) mass is 541 g/mol. The highest BCUT2D eigenvalue weighted by molar-refractivity contribution is 5.92. The van der Waals surface area contributed by atoms with Gasteiger partial charge in [0.2, 0.25) is 5.91 Å². The van der Waals surface area contributed by atoms with Crippen molar-refractivity contribution >= 4 is 18.0 Å². The third kappa shape index (κ3) is 5.58. The van der Waals surface area contributed by atoms with Crippen molar-refractivity contribution in [1.82, 2.24) is 15.5 Å². The zero-order chi connectivity index (χ0) is 28.3. The van der Waals surface area contributed by atoms with E-state index >= 15 is 0 Å². The number of benzene rings is 3. The normalized spacial score (nSPS) is 19.1. The number of amides is 2. The first-order valence-electron chi connectivity index (χ1n) is 13.7. The van der Waals surface area contributed by atoms with Crippen molar-refractivity contribution in [2.45, 2.75) is 44.3 Å². The number of nitrogens with zero attached hydrogens (tertiary/aromatic N) is 1. The van der Waals surface area contributed by atoms with Gasteiger partial charge in [0.25, 0.3) is 0 Å². The topological polar surface area (TPSA) is 108 Å². The Morgan fingerprint density at radius 1 is 0.950 bits per heavy atom. The molecule has 0 spiro atoms. The molecule has 5 rings (SSSR count). The third-order valence-electron chi connectivity index (χ3n) is 7.94. The number of carbonyl (C=O) groups excluding carboxylic acids is 2. The van der Waals surface area contributed by atoms with Gasteiger partial charge in [-0.1, -0.05) is 92.7 Å². The molecule has 1 aliphatic heterocycles. The Morgan fingerprint density at radius 2 is 1.55 bits per heavy atom. The molecule has 3 N–H and O–H groups in total. The molecule has 2 aliphatic rings. The van der Waals surface area contributed by atoms with Crippen LogP contribution in [-0.2, 0) is 20.9 Å². The molecule has 1 aliphatic carbocycles. The zero-order valence-corrected chi connectivity index (χ0v) is 22.8. The van der Waals surface area contributed by atoms with Crippen molar-refractivity contribution in [1.29, 1.82) is 0 Å². The predicted molar refractivity (Wildman–Crippen MR) is 152 cm³/mol. The average Bonchev–Trinajstić information content (AvgIpc) is 3.50. The maximum Gasteiger partial charge on any atom is 0.407 e. The van der Waals surface area contributed by atoms with E-state index in [1.165, 1.54) is 0 Å². The van der Waals surface area contributed by atoms with Gasteiger partial charge < -0.3 is 20.5 Å². The van der Waals surface area contributed by atoms with E-state index in [2.05, 4.69) is 22.8 Å². The molecule has 1 fully saturated rings. The number of carboxylic acid groups (broad SMARTS) is 1. The molecule has 40 heavy (non-hydrogen) atoms. The summed E-state index contributed by atoms with van der Waals surface area (Å²) in [7, 11) is 0. The summed E-state index contributed by atoms with van der Waals surface area (Å²) in [6.45, 7) is 5.04. The summed E-state index contributed by atoms with van der Waals surface area (Å²) in [5.41, 5.74) is 4.10. The van der Waals surface area contributed by atoms with Crippen LogP contribution in [-0.4, -0.2) is 59.3 Å². The smallest absolute Gasteiger partial charge is 0.407 e. The lowest BCUT2D eigenvalue weighted by Crippen LogP contribution is -2.61. The Labute approximate surface area is 234 Å². The molecule has 8 nitrogen and oxygen atoms in total. The summed E-state index contributed by atoms with van der Waals surface area (Å²) in [6, 6.07) is 25.0. The van der Waals surface area contributed by atoms with Crippen LogP contribution >= 0.6 is 0 Å². The van der Waals surface area contributed by atoms with Gasteiger partial charge >= 0.3 is 12.1 Å². The molecule has 2 atom stereocenters. The van der Waals surface area contributed by atoms with Gasteiger partial charge in [-0.05, 0) is 40.2 Å². The molecule has 0 radical (unpaired) electrons. The van der Waals surface area contributed by atoms with Gasteiger partial charge in [0.1, 0.15) is 12.6 Å². The second-order valence-electron chi connectivity index (χ2n) is 11.0. The summed E-state index contributed by atoms with van der Waals surface area (Å²) in [5.74, 6) is -2.01. The second-order valence-corrected chi connectivity index (χ2v) is 11.0. The molecule has 0 bridgehead atoms. The zero-order valence-electron chi connectivity index (χ0n) is 22.8. The van der Waals surface area contributed by atoms with Crippen molar-refractivity contribution in [2.75, 3.05) is 19.7 Å². The highest BCUT2D eigenvalue weighted by Gasteiger charge is 2.47. The molecule has 0 saturated carbocycles. The standard InChI is InChI=1S/C32H35N3O5/c1-21(2)28(29(36)34-32(30(37)38)16-17-35(20-32)18-22-10-4-3-5-11-22)33-31(39)40-19-27-25-14-8-6-12-23(25)24-13-7-9-15-26(24)27/h3-15,21,27-28H,16-20H2,1-2H3,(H,33,39)(H,34,36)(H,37,38)/t28-,32?/m1/s1. The minimum atomic E-state index is -1.43. The van der Waals surface area contributed by atoms with E-state index in [0.29, 0.717) is 13.1 Å². The molecule has 8 heteroatoms. The number of aliphatic carboxylic acids is 1. The average molecular weight is 542 g/mol. The molecule has 2 amide bonds. The van der Waals surface area contributed by atoms with E-state index in [9.17, 15) is 19.5 Å². The van der Waals surface area contributed by atoms with Crippen molar-refractivity contribution in [3.05, 3.63) is 95.6 Å². The second kappa shape index (κ2) is 11.5. The van der Waals surface area contributed by atoms with Crippen molar-refractivity contribution in [3.8, 4) is 11.1 Å². The van der Waals surface area contributed by atoms with Crippen LogP contribution in [0.25, 0.3) is 11.1 Å². The fraction of sp³-hybridized carbons (Fsp3) is 0.344. The quantitative estimate of drug-likeness (QED) is 0.371. The van der Waals surface area contributed by atoms with Crippen LogP contribution in [0.5, 0.6) is 0 Å². The van der Waals surface area contributed by atoms with Crippen molar-refractivity contribution in [3.63, 3.8) is 0 Å². The Hall–Kier alpha value is -4.17. The van der Waals surface area contributed by atoms with Crippen molar-refractivity contribution < 1.29 is 24.2 Å². The van der Waals surface area contributed by atoms with Gasteiger partial charge in [0.05, 0.1) is 0 Å². The molecule has 0 aromatic heterocycles. The molecule has 1 saturated heterocycles. The number of ether oxygens (including phenoxy) is 1. The van der Waals surface area contributed by atoms with E-state index in [-0.39, 0.29) is 31.4 Å². The van der Waals surface area contributed by atoms with E-state index in [4.69, 9.17) is 4.74 Å². The number of likely N-dealkylation sites (tertiary alicyclic amines) is 1. The van der Waals surface area contributed by atoms with Crippen LogP contribution in [0.2, 0.25) is 0 Å². The lowest BCUT2D eigenvalue weighted by Gasteiger charge is -2.30. The summed E-state index contributed by atoms with van der Waals surface area (Å²) in [6.07, 6.45) is -0.436. The maximum absolute atomic E-state index is 13.4. The van der Waals surface area contributed by atoms with Crippen molar-refractivity contribution in [2.24, 2.45) is 5.92 Å². The van der Waals surface area contributed by atoms with Gasteiger partial charge in [-0.15, -0.1) is 0 Å². The molecule has 3 aromatic rings. The van der Waals surface area contributed by atoms with E-state index < -0.39 is 29.6 Å². The number of rotatable bonds is 9. The summed E-state index contributed by atoms with van der Waals surface area (Å²) < 4.78 is 5.64. The molecule has 3 aromatic carbocycles. The number of nitrogens with one attached hydrogen (secondary N) is 2. The first-order valence-corrected chi connectivity index (χ1v) is 13.7. The summed E-state index contributed by atoms with van der Waals surface area (Å²) in [4.78, 5) is 40.7. The van der Waals surface area contributed by atoms with Gasteiger partial charge in [-0.3, -0.25) is 9.69 Å². The van der Waals surface area contributed by atoms with E-state index in [1.54, 1.807) is 13.8 Å². The van der Waals surface area contributed by atoms with Gasteiger partial charge in [-0.2, -0.15) is 0 Å². The number of carbonyl (C=O) groups is 3. The molecular weight excluding hydrogens is 506 g/mol. The van der Waals surface area contributed by atoms with Crippen LogP contribution in [0, 0.1) is 5.92 Å². The molecule has 1 unspecified atom stereocenters. The third-order valence-corrected chi connectivity index (χ3v) is 7.94. The fourth-order valence-corrected chi connectivity index (χ4v) is 5.81. The van der Waals surface area contributed by atoms with Gasteiger partial charge in [-0.25, -0.2) is 9.59 Å². The number of fused-ring (bicyclic) bond motifs is 3. The Kier molecular flexibility index (Phi) is 7.89. The Morgan fingerprint density at radius 3 is 2.15 bits per heavy atom. The van der Waals surface area contributed by atoms with Gasteiger partial charge in [0, 0.05) is 25.6 Å².